The normalized spacial score (nSPS) is 10.7. The molecule has 0 bridgehead atoms. The van der Waals surface area contributed by atoms with Crippen molar-refractivity contribution >= 4 is 16.9 Å². The fourth-order valence-electron chi connectivity index (χ4n) is 1.98. The topological polar surface area (TPSA) is 51.8 Å². The molecular formula is C15H13N3. The average Bonchev–Trinajstić information content (AvgIpc) is 2.38. The number of rotatable bonds is 1. The van der Waals surface area contributed by atoms with Crippen LogP contribution in [0.4, 0.5) is 5.82 Å². The van der Waals surface area contributed by atoms with E-state index >= 15 is 0 Å². The van der Waals surface area contributed by atoms with Gasteiger partial charge in [-0.1, -0.05) is 23.8 Å². The zero-order valence-electron chi connectivity index (χ0n) is 10.1. The molecule has 2 N–H and O–H groups in total. The van der Waals surface area contributed by atoms with Crippen LogP contribution in [0.5, 0.6) is 0 Å². The summed E-state index contributed by atoms with van der Waals surface area (Å²) in [6, 6.07) is 16.0. The maximum atomic E-state index is 5.69. The molecule has 0 saturated heterocycles. The van der Waals surface area contributed by atoms with Crippen molar-refractivity contribution in [3.05, 3.63) is 54.1 Å². The Kier molecular flexibility index (Phi) is 2.45. The van der Waals surface area contributed by atoms with E-state index in [2.05, 4.69) is 29.0 Å². The molecule has 0 radical (unpaired) electrons. The maximum Gasteiger partial charge on any atom is 0.162 e. The number of aromatic nitrogens is 2. The van der Waals surface area contributed by atoms with Gasteiger partial charge in [-0.3, -0.25) is 0 Å². The van der Waals surface area contributed by atoms with Crippen molar-refractivity contribution in [3.8, 4) is 11.3 Å². The number of hydrogen-bond acceptors (Lipinski definition) is 3. The standard InChI is InChI=1S/C15H13N3/c1-10-3-2-4-12(9-10)13-7-5-11-6-8-14(16)18-15(11)17-13/h2-9H,1H3,(H2,16,17,18). The number of fused-ring (bicyclic) bond motifs is 1. The van der Waals surface area contributed by atoms with Crippen molar-refractivity contribution in [2.75, 3.05) is 5.73 Å². The second kappa shape index (κ2) is 4.11. The van der Waals surface area contributed by atoms with E-state index in [1.807, 2.05) is 30.3 Å². The predicted molar refractivity (Wildman–Crippen MR) is 74.1 cm³/mol. The largest absolute Gasteiger partial charge is 0.384 e. The Labute approximate surface area is 105 Å². The lowest BCUT2D eigenvalue weighted by Gasteiger charge is -2.04. The average molecular weight is 235 g/mol. The number of nitrogen functional groups attached to an aromatic ring is 1. The highest BCUT2D eigenvalue weighted by molar-refractivity contribution is 5.79. The monoisotopic (exact) mass is 235 g/mol. The number of aryl methyl sites for hydroxylation is 1. The molecule has 0 saturated carbocycles. The molecule has 3 heteroatoms. The minimum atomic E-state index is 0.497. The molecule has 18 heavy (non-hydrogen) atoms. The van der Waals surface area contributed by atoms with Gasteiger partial charge in [0, 0.05) is 10.9 Å². The van der Waals surface area contributed by atoms with Gasteiger partial charge in [0.05, 0.1) is 5.69 Å². The van der Waals surface area contributed by atoms with Crippen LogP contribution in [0.3, 0.4) is 0 Å². The molecule has 3 rings (SSSR count). The van der Waals surface area contributed by atoms with E-state index in [-0.39, 0.29) is 0 Å². The Morgan fingerprint density at radius 2 is 1.78 bits per heavy atom. The van der Waals surface area contributed by atoms with Gasteiger partial charge < -0.3 is 5.73 Å². The highest BCUT2D eigenvalue weighted by atomic mass is 14.9. The second-order valence-corrected chi connectivity index (χ2v) is 4.35. The first-order valence-corrected chi connectivity index (χ1v) is 5.83. The van der Waals surface area contributed by atoms with E-state index in [9.17, 15) is 0 Å². The molecular weight excluding hydrogens is 222 g/mol. The number of nitrogens with two attached hydrogens (primary N) is 1. The summed E-state index contributed by atoms with van der Waals surface area (Å²) in [5, 5.41) is 1.00. The fraction of sp³-hybridized carbons (Fsp3) is 0.0667. The molecule has 0 unspecified atom stereocenters. The molecule has 1 aromatic carbocycles. The summed E-state index contributed by atoms with van der Waals surface area (Å²) in [5.74, 6) is 0.497. The molecule has 0 amide bonds. The molecule has 3 nitrogen and oxygen atoms in total. The first-order valence-electron chi connectivity index (χ1n) is 5.83. The summed E-state index contributed by atoms with van der Waals surface area (Å²) < 4.78 is 0. The zero-order valence-corrected chi connectivity index (χ0v) is 10.1. The van der Waals surface area contributed by atoms with Crippen LogP contribution >= 0.6 is 0 Å². The minimum absolute atomic E-state index is 0.497. The maximum absolute atomic E-state index is 5.69. The Bertz CT molecular complexity index is 720. The third-order valence-electron chi connectivity index (χ3n) is 2.89. The van der Waals surface area contributed by atoms with Crippen LogP contribution in [0, 0.1) is 6.92 Å². The number of hydrogen-bond donors (Lipinski definition) is 1. The molecule has 2 heterocycles. The molecule has 3 aromatic rings. The van der Waals surface area contributed by atoms with Crippen molar-refractivity contribution in [2.45, 2.75) is 6.92 Å². The minimum Gasteiger partial charge on any atom is -0.384 e. The van der Waals surface area contributed by atoms with Crippen LogP contribution in [0.1, 0.15) is 5.56 Å². The van der Waals surface area contributed by atoms with Crippen molar-refractivity contribution in [3.63, 3.8) is 0 Å². The summed E-state index contributed by atoms with van der Waals surface area (Å²) in [6.07, 6.45) is 0. The lowest BCUT2D eigenvalue weighted by atomic mass is 10.1. The van der Waals surface area contributed by atoms with Crippen molar-refractivity contribution in [1.29, 1.82) is 0 Å². The zero-order chi connectivity index (χ0) is 12.5. The van der Waals surface area contributed by atoms with Crippen LogP contribution in [-0.2, 0) is 0 Å². The molecule has 88 valence electrons. The summed E-state index contributed by atoms with van der Waals surface area (Å²) in [7, 11) is 0. The Hall–Kier alpha value is -2.42. The van der Waals surface area contributed by atoms with E-state index in [0.717, 1.165) is 16.6 Å². The summed E-state index contributed by atoms with van der Waals surface area (Å²) >= 11 is 0. The van der Waals surface area contributed by atoms with Gasteiger partial charge in [0.15, 0.2) is 5.65 Å². The highest BCUT2D eigenvalue weighted by Gasteiger charge is 2.03. The van der Waals surface area contributed by atoms with Crippen molar-refractivity contribution < 1.29 is 0 Å². The van der Waals surface area contributed by atoms with E-state index in [1.165, 1.54) is 5.56 Å². The summed E-state index contributed by atoms with van der Waals surface area (Å²) in [6.45, 7) is 2.07. The molecule has 0 aliphatic rings. The van der Waals surface area contributed by atoms with E-state index < -0.39 is 0 Å². The van der Waals surface area contributed by atoms with Gasteiger partial charge in [-0.2, -0.15) is 0 Å². The SMILES string of the molecule is Cc1cccc(-c2ccc3ccc(N)nc3n2)c1. The summed E-state index contributed by atoms with van der Waals surface area (Å²) in [4.78, 5) is 8.81. The number of pyridine rings is 2. The smallest absolute Gasteiger partial charge is 0.162 e. The van der Waals surface area contributed by atoms with Crippen molar-refractivity contribution in [2.24, 2.45) is 0 Å². The molecule has 2 aromatic heterocycles. The van der Waals surface area contributed by atoms with Gasteiger partial charge in [0.2, 0.25) is 0 Å². The van der Waals surface area contributed by atoms with Gasteiger partial charge in [-0.15, -0.1) is 0 Å². The fourth-order valence-corrected chi connectivity index (χ4v) is 1.98. The molecule has 0 aliphatic carbocycles. The molecule has 0 fully saturated rings. The predicted octanol–water partition coefficient (Wildman–Crippen LogP) is 3.19. The Morgan fingerprint density at radius 1 is 0.944 bits per heavy atom. The van der Waals surface area contributed by atoms with Crippen LogP contribution in [0.2, 0.25) is 0 Å². The quantitative estimate of drug-likeness (QED) is 0.704. The van der Waals surface area contributed by atoms with Crippen LogP contribution < -0.4 is 5.73 Å². The second-order valence-electron chi connectivity index (χ2n) is 4.35. The van der Waals surface area contributed by atoms with E-state index in [0.29, 0.717) is 11.5 Å². The Morgan fingerprint density at radius 3 is 2.61 bits per heavy atom. The molecule has 0 spiro atoms. The first-order chi connectivity index (χ1) is 8.72. The number of benzene rings is 1. The highest BCUT2D eigenvalue weighted by Crippen LogP contribution is 2.21. The number of nitrogens with zero attached hydrogens (tertiary/aromatic N) is 2. The van der Waals surface area contributed by atoms with Gasteiger partial charge in [-0.05, 0) is 37.3 Å². The lowest BCUT2D eigenvalue weighted by molar-refractivity contribution is 1.29. The van der Waals surface area contributed by atoms with Crippen LogP contribution in [0.25, 0.3) is 22.3 Å². The van der Waals surface area contributed by atoms with Gasteiger partial charge in [0.1, 0.15) is 5.82 Å². The van der Waals surface area contributed by atoms with Gasteiger partial charge in [0.25, 0.3) is 0 Å². The summed E-state index contributed by atoms with van der Waals surface area (Å²) in [5.41, 5.74) is 9.61. The molecule has 0 aliphatic heterocycles. The van der Waals surface area contributed by atoms with Crippen molar-refractivity contribution in [1.82, 2.24) is 9.97 Å². The third kappa shape index (κ3) is 1.91. The van der Waals surface area contributed by atoms with Crippen LogP contribution in [0.15, 0.2) is 48.5 Å². The molecule has 0 atom stereocenters. The third-order valence-corrected chi connectivity index (χ3v) is 2.89. The number of anilines is 1. The first kappa shape index (κ1) is 10.7. The van der Waals surface area contributed by atoms with Crippen LogP contribution in [-0.4, -0.2) is 9.97 Å². The lowest BCUT2D eigenvalue weighted by Crippen LogP contribution is -1.93. The van der Waals surface area contributed by atoms with Gasteiger partial charge >= 0.3 is 0 Å². The van der Waals surface area contributed by atoms with Gasteiger partial charge in [-0.25, -0.2) is 9.97 Å². The van der Waals surface area contributed by atoms with E-state index in [4.69, 9.17) is 5.73 Å². The van der Waals surface area contributed by atoms with E-state index in [1.54, 1.807) is 6.07 Å². The Balaban J connectivity index is 2.18.